The van der Waals surface area contributed by atoms with Gasteiger partial charge in [0, 0.05) is 32.6 Å². The number of nitrogens with one attached hydrogen (secondary N) is 1. The summed E-state index contributed by atoms with van der Waals surface area (Å²) in [4.78, 5) is 24.3. The fraction of sp³-hybridized carbons (Fsp3) is 0.556. The van der Waals surface area contributed by atoms with E-state index in [1.54, 1.807) is 0 Å². The Morgan fingerprint density at radius 1 is 1.23 bits per heavy atom. The number of nitrogens with zero attached hydrogens (tertiary/aromatic N) is 1. The minimum Gasteiger partial charge on any atom is -0.465 e. The van der Waals surface area contributed by atoms with E-state index < -0.39 is 11.7 Å². The van der Waals surface area contributed by atoms with E-state index in [1.165, 1.54) is 30.9 Å². The summed E-state index contributed by atoms with van der Waals surface area (Å²) in [6.07, 6.45) is -4.48. The quantitative estimate of drug-likeness (QED) is 0.561. The molecule has 1 aromatic rings. The summed E-state index contributed by atoms with van der Waals surface area (Å²) in [7, 11) is 0. The Hall–Kier alpha value is -2.09. The largest absolute Gasteiger partial charge is 0.465 e. The SMILES string of the molecule is CC(=O)OCCNCC(C(C)C)N(C(C)=O)c1cccc(C(F)(F)F)c1. The molecule has 1 atom stereocenters. The van der Waals surface area contributed by atoms with Gasteiger partial charge in [0.25, 0.3) is 0 Å². The Balaban J connectivity index is 2.96. The molecule has 0 aliphatic carbocycles. The van der Waals surface area contributed by atoms with Gasteiger partial charge in [-0.3, -0.25) is 9.59 Å². The summed E-state index contributed by atoms with van der Waals surface area (Å²) >= 11 is 0. The summed E-state index contributed by atoms with van der Waals surface area (Å²) in [5, 5.41) is 3.08. The first-order chi connectivity index (χ1) is 12.0. The molecule has 0 aliphatic heterocycles. The molecular weight excluding hydrogens is 349 g/mol. The van der Waals surface area contributed by atoms with Gasteiger partial charge in [0.15, 0.2) is 0 Å². The van der Waals surface area contributed by atoms with Gasteiger partial charge < -0.3 is 15.0 Å². The van der Waals surface area contributed by atoms with Crippen LogP contribution < -0.4 is 10.2 Å². The van der Waals surface area contributed by atoms with Crippen LogP contribution in [0, 0.1) is 5.92 Å². The maximum Gasteiger partial charge on any atom is 0.416 e. The number of hydrogen-bond donors (Lipinski definition) is 1. The van der Waals surface area contributed by atoms with Gasteiger partial charge in [-0.25, -0.2) is 0 Å². The molecule has 0 radical (unpaired) electrons. The number of alkyl halides is 3. The number of ether oxygens (including phenoxy) is 1. The van der Waals surface area contributed by atoms with Crippen molar-refractivity contribution in [2.24, 2.45) is 5.92 Å². The zero-order valence-corrected chi connectivity index (χ0v) is 15.4. The van der Waals surface area contributed by atoms with Crippen LogP contribution in [0.25, 0.3) is 0 Å². The fourth-order valence-electron chi connectivity index (χ4n) is 2.58. The minimum absolute atomic E-state index is 0.00494. The molecule has 0 aromatic heterocycles. The molecule has 0 aliphatic rings. The van der Waals surface area contributed by atoms with E-state index in [0.717, 1.165) is 12.1 Å². The second kappa shape index (κ2) is 9.56. The average Bonchev–Trinajstić information content (AvgIpc) is 2.52. The van der Waals surface area contributed by atoms with E-state index in [0.29, 0.717) is 13.1 Å². The summed E-state index contributed by atoms with van der Waals surface area (Å²) in [6, 6.07) is 4.39. The Bertz CT molecular complexity index is 618. The smallest absolute Gasteiger partial charge is 0.416 e. The first-order valence-electron chi connectivity index (χ1n) is 8.35. The van der Waals surface area contributed by atoms with Crippen molar-refractivity contribution in [1.82, 2.24) is 5.32 Å². The number of anilines is 1. The molecule has 1 amide bonds. The van der Waals surface area contributed by atoms with Crippen molar-refractivity contribution < 1.29 is 27.5 Å². The number of amides is 1. The average molecular weight is 374 g/mol. The molecule has 0 bridgehead atoms. The van der Waals surface area contributed by atoms with Gasteiger partial charge in [-0.05, 0) is 24.1 Å². The molecule has 8 heteroatoms. The first kappa shape index (κ1) is 22.0. The lowest BCUT2D eigenvalue weighted by Gasteiger charge is -2.34. The monoisotopic (exact) mass is 374 g/mol. The van der Waals surface area contributed by atoms with Crippen LogP contribution in [-0.2, 0) is 20.5 Å². The number of hydrogen-bond acceptors (Lipinski definition) is 4. The lowest BCUT2D eigenvalue weighted by molar-refractivity contribution is -0.141. The highest BCUT2D eigenvalue weighted by molar-refractivity contribution is 5.92. The van der Waals surface area contributed by atoms with Gasteiger partial charge in [-0.1, -0.05) is 19.9 Å². The van der Waals surface area contributed by atoms with Gasteiger partial charge in [0.1, 0.15) is 6.61 Å². The zero-order chi connectivity index (χ0) is 19.9. The standard InChI is InChI=1S/C18H25F3N2O3/c1-12(2)17(11-22-8-9-26-14(4)25)23(13(3)24)16-7-5-6-15(10-16)18(19,20)21/h5-7,10,12,17,22H,8-9,11H2,1-4H3. The van der Waals surface area contributed by atoms with E-state index in [2.05, 4.69) is 5.32 Å². The van der Waals surface area contributed by atoms with Crippen LogP contribution in [0.5, 0.6) is 0 Å². The summed E-state index contributed by atoms with van der Waals surface area (Å²) in [5.41, 5.74) is -0.598. The zero-order valence-electron chi connectivity index (χ0n) is 15.4. The molecule has 1 rings (SSSR count). The van der Waals surface area contributed by atoms with Crippen molar-refractivity contribution in [1.29, 1.82) is 0 Å². The van der Waals surface area contributed by atoms with Crippen molar-refractivity contribution in [2.45, 2.75) is 39.9 Å². The fourth-order valence-corrected chi connectivity index (χ4v) is 2.58. The molecule has 26 heavy (non-hydrogen) atoms. The number of benzene rings is 1. The highest BCUT2D eigenvalue weighted by Crippen LogP contribution is 2.32. The molecule has 146 valence electrons. The van der Waals surface area contributed by atoms with Gasteiger partial charge in [0.2, 0.25) is 5.91 Å². The van der Waals surface area contributed by atoms with Crippen molar-refractivity contribution in [3.8, 4) is 0 Å². The Morgan fingerprint density at radius 3 is 2.38 bits per heavy atom. The molecule has 0 heterocycles. The van der Waals surface area contributed by atoms with E-state index >= 15 is 0 Å². The molecule has 1 unspecified atom stereocenters. The molecule has 0 fully saturated rings. The lowest BCUT2D eigenvalue weighted by atomic mass is 10.0. The topological polar surface area (TPSA) is 58.6 Å². The Labute approximate surface area is 151 Å². The third-order valence-electron chi connectivity index (χ3n) is 3.83. The van der Waals surface area contributed by atoms with Crippen LogP contribution in [0.2, 0.25) is 0 Å². The van der Waals surface area contributed by atoms with E-state index in [9.17, 15) is 22.8 Å². The van der Waals surface area contributed by atoms with Crippen LogP contribution in [0.3, 0.4) is 0 Å². The van der Waals surface area contributed by atoms with Crippen LogP contribution in [0.1, 0.15) is 33.3 Å². The van der Waals surface area contributed by atoms with Gasteiger partial charge in [0.05, 0.1) is 11.6 Å². The van der Waals surface area contributed by atoms with Gasteiger partial charge >= 0.3 is 12.1 Å². The summed E-state index contributed by atoms with van der Waals surface area (Å²) in [5.74, 6) is -0.735. The summed E-state index contributed by atoms with van der Waals surface area (Å²) < 4.78 is 43.8. The third kappa shape index (κ3) is 6.67. The normalized spacial score (nSPS) is 12.8. The van der Waals surface area contributed by atoms with Crippen molar-refractivity contribution >= 4 is 17.6 Å². The Morgan fingerprint density at radius 2 is 1.88 bits per heavy atom. The lowest BCUT2D eigenvalue weighted by Crippen LogP contribution is -2.48. The number of rotatable bonds is 8. The number of esters is 1. The number of carbonyl (C=O) groups excluding carboxylic acids is 2. The van der Waals surface area contributed by atoms with Crippen molar-refractivity contribution in [3.63, 3.8) is 0 Å². The second-order valence-electron chi connectivity index (χ2n) is 6.29. The molecular formula is C18H25F3N2O3. The highest BCUT2D eigenvalue weighted by atomic mass is 19.4. The molecule has 1 N–H and O–H groups in total. The van der Waals surface area contributed by atoms with Crippen LogP contribution in [-0.4, -0.2) is 37.6 Å². The van der Waals surface area contributed by atoms with E-state index in [4.69, 9.17) is 4.74 Å². The molecule has 0 spiro atoms. The molecule has 0 saturated heterocycles. The summed E-state index contributed by atoms with van der Waals surface area (Å²) in [6.45, 7) is 7.34. The number of halogens is 3. The van der Waals surface area contributed by atoms with Gasteiger partial charge in [-0.2, -0.15) is 13.2 Å². The van der Waals surface area contributed by atoms with E-state index in [1.807, 2.05) is 13.8 Å². The maximum absolute atomic E-state index is 13.0. The second-order valence-corrected chi connectivity index (χ2v) is 6.29. The maximum atomic E-state index is 13.0. The predicted octanol–water partition coefficient (Wildman–Crippen LogP) is 3.24. The van der Waals surface area contributed by atoms with Crippen LogP contribution >= 0.6 is 0 Å². The third-order valence-corrected chi connectivity index (χ3v) is 3.83. The molecule has 5 nitrogen and oxygen atoms in total. The van der Waals surface area contributed by atoms with Gasteiger partial charge in [-0.15, -0.1) is 0 Å². The van der Waals surface area contributed by atoms with Crippen molar-refractivity contribution in [2.75, 3.05) is 24.6 Å². The predicted molar refractivity (Wildman–Crippen MR) is 92.7 cm³/mol. The van der Waals surface area contributed by atoms with Crippen LogP contribution in [0.15, 0.2) is 24.3 Å². The number of carbonyl (C=O) groups is 2. The Kier molecular flexibility index (Phi) is 8.08. The van der Waals surface area contributed by atoms with Crippen molar-refractivity contribution in [3.05, 3.63) is 29.8 Å². The highest BCUT2D eigenvalue weighted by Gasteiger charge is 2.32. The van der Waals surface area contributed by atoms with Crippen LogP contribution in [0.4, 0.5) is 18.9 Å². The molecule has 1 aromatic carbocycles. The molecule has 0 saturated carbocycles. The van der Waals surface area contributed by atoms with E-state index in [-0.39, 0.29) is 36.1 Å². The minimum atomic E-state index is -4.48. The first-order valence-corrected chi connectivity index (χ1v) is 8.35.